The molecule has 0 amide bonds. The second kappa shape index (κ2) is 4.55. The van der Waals surface area contributed by atoms with Crippen molar-refractivity contribution in [1.29, 1.82) is 0 Å². The molecule has 0 aliphatic carbocycles. The fourth-order valence-corrected chi connectivity index (χ4v) is 1.51. The van der Waals surface area contributed by atoms with Gasteiger partial charge in [-0.25, -0.2) is 4.39 Å². The van der Waals surface area contributed by atoms with Crippen molar-refractivity contribution in [2.75, 3.05) is 0 Å². The molecular formula is C9H11BrFN. The molecule has 12 heavy (non-hydrogen) atoms. The molecule has 0 saturated heterocycles. The SMILES string of the molecule is C=CC(F)CCC1C=NC(Br)=C1. The Bertz CT molecular complexity index is 223. The molecule has 0 bridgehead atoms. The fourth-order valence-electron chi connectivity index (χ4n) is 1.06. The van der Waals surface area contributed by atoms with Crippen molar-refractivity contribution in [3.8, 4) is 0 Å². The zero-order chi connectivity index (χ0) is 8.97. The van der Waals surface area contributed by atoms with Crippen LogP contribution >= 0.6 is 15.9 Å². The van der Waals surface area contributed by atoms with E-state index < -0.39 is 6.17 Å². The molecule has 66 valence electrons. The van der Waals surface area contributed by atoms with Crippen LogP contribution in [0.25, 0.3) is 0 Å². The first-order valence-corrected chi connectivity index (χ1v) is 4.70. The van der Waals surface area contributed by atoms with Crippen molar-refractivity contribution in [1.82, 2.24) is 0 Å². The van der Waals surface area contributed by atoms with E-state index in [1.807, 2.05) is 12.3 Å². The second-order valence-corrected chi connectivity index (χ2v) is 3.57. The first kappa shape index (κ1) is 9.65. The van der Waals surface area contributed by atoms with Crippen LogP contribution in [0.2, 0.25) is 0 Å². The maximum atomic E-state index is 12.7. The number of nitrogens with zero attached hydrogens (tertiary/aromatic N) is 1. The lowest BCUT2D eigenvalue weighted by molar-refractivity contribution is 0.366. The topological polar surface area (TPSA) is 12.4 Å². The molecular weight excluding hydrogens is 221 g/mol. The van der Waals surface area contributed by atoms with E-state index in [9.17, 15) is 4.39 Å². The molecule has 2 atom stereocenters. The summed E-state index contributed by atoms with van der Waals surface area (Å²) in [6, 6.07) is 0. The Kier molecular flexibility index (Phi) is 3.66. The van der Waals surface area contributed by atoms with Crippen molar-refractivity contribution in [2.24, 2.45) is 10.9 Å². The predicted molar refractivity (Wildman–Crippen MR) is 53.3 cm³/mol. The molecule has 0 aromatic rings. The molecule has 0 fully saturated rings. The zero-order valence-corrected chi connectivity index (χ0v) is 8.30. The Hall–Kier alpha value is -0.440. The highest BCUT2D eigenvalue weighted by atomic mass is 79.9. The van der Waals surface area contributed by atoms with Crippen LogP contribution in [0.1, 0.15) is 12.8 Å². The van der Waals surface area contributed by atoms with Crippen LogP contribution in [0.5, 0.6) is 0 Å². The Labute approximate surface area is 80.2 Å². The van der Waals surface area contributed by atoms with Crippen LogP contribution in [0.15, 0.2) is 28.3 Å². The summed E-state index contributed by atoms with van der Waals surface area (Å²) < 4.78 is 13.5. The van der Waals surface area contributed by atoms with Crippen LogP contribution in [0, 0.1) is 5.92 Å². The Morgan fingerprint density at radius 3 is 3.08 bits per heavy atom. The molecule has 0 radical (unpaired) electrons. The van der Waals surface area contributed by atoms with Crippen LogP contribution in [-0.4, -0.2) is 12.4 Å². The Morgan fingerprint density at radius 1 is 1.83 bits per heavy atom. The predicted octanol–water partition coefficient (Wildman–Crippen LogP) is 3.23. The Morgan fingerprint density at radius 2 is 2.58 bits per heavy atom. The van der Waals surface area contributed by atoms with E-state index in [-0.39, 0.29) is 5.92 Å². The molecule has 0 aromatic heterocycles. The molecule has 2 unspecified atom stereocenters. The van der Waals surface area contributed by atoms with Crippen LogP contribution in [0.4, 0.5) is 4.39 Å². The smallest absolute Gasteiger partial charge is 0.118 e. The lowest BCUT2D eigenvalue weighted by Gasteiger charge is -2.04. The summed E-state index contributed by atoms with van der Waals surface area (Å²) in [5.74, 6) is 0.289. The molecule has 0 aromatic carbocycles. The minimum atomic E-state index is -0.883. The lowest BCUT2D eigenvalue weighted by Crippen LogP contribution is -2.01. The second-order valence-electron chi connectivity index (χ2n) is 2.76. The third-order valence-corrected chi connectivity index (χ3v) is 2.24. The maximum Gasteiger partial charge on any atom is 0.118 e. The van der Waals surface area contributed by atoms with Crippen molar-refractivity contribution in [3.63, 3.8) is 0 Å². The van der Waals surface area contributed by atoms with Crippen molar-refractivity contribution < 1.29 is 4.39 Å². The van der Waals surface area contributed by atoms with Gasteiger partial charge in [0.05, 0.1) is 0 Å². The highest BCUT2D eigenvalue weighted by Gasteiger charge is 2.11. The number of hydrogen-bond acceptors (Lipinski definition) is 1. The van der Waals surface area contributed by atoms with E-state index in [1.165, 1.54) is 6.08 Å². The number of allylic oxidation sites excluding steroid dienone is 2. The standard InChI is InChI=1S/C9H11BrFN/c1-2-8(11)4-3-7-5-9(10)12-6-7/h2,5-8H,1,3-4H2. The van der Waals surface area contributed by atoms with E-state index in [4.69, 9.17) is 0 Å². The fraction of sp³-hybridized carbons (Fsp3) is 0.444. The van der Waals surface area contributed by atoms with Crippen molar-refractivity contribution in [2.45, 2.75) is 19.0 Å². The molecule has 1 nitrogen and oxygen atoms in total. The third kappa shape index (κ3) is 2.89. The van der Waals surface area contributed by atoms with Gasteiger partial charge in [0.2, 0.25) is 0 Å². The average molecular weight is 232 g/mol. The van der Waals surface area contributed by atoms with Crippen molar-refractivity contribution in [3.05, 3.63) is 23.3 Å². The normalized spacial score (nSPS) is 23.8. The van der Waals surface area contributed by atoms with Gasteiger partial charge in [-0.1, -0.05) is 6.08 Å². The number of halogens is 2. The van der Waals surface area contributed by atoms with Gasteiger partial charge >= 0.3 is 0 Å². The van der Waals surface area contributed by atoms with Crippen LogP contribution in [-0.2, 0) is 0 Å². The highest BCUT2D eigenvalue weighted by Crippen LogP contribution is 2.21. The molecule has 0 saturated carbocycles. The minimum absolute atomic E-state index is 0.289. The summed E-state index contributed by atoms with van der Waals surface area (Å²) in [4.78, 5) is 4.03. The summed E-state index contributed by atoms with van der Waals surface area (Å²) in [6.07, 6.45) is 5.59. The van der Waals surface area contributed by atoms with Gasteiger partial charge in [-0.15, -0.1) is 6.58 Å². The van der Waals surface area contributed by atoms with E-state index in [1.54, 1.807) is 0 Å². The van der Waals surface area contributed by atoms with Gasteiger partial charge in [0.25, 0.3) is 0 Å². The van der Waals surface area contributed by atoms with Gasteiger partial charge < -0.3 is 0 Å². The first-order valence-electron chi connectivity index (χ1n) is 3.90. The van der Waals surface area contributed by atoms with E-state index >= 15 is 0 Å². The third-order valence-electron chi connectivity index (χ3n) is 1.77. The largest absolute Gasteiger partial charge is 0.253 e. The van der Waals surface area contributed by atoms with Gasteiger partial charge in [-0.3, -0.25) is 4.99 Å². The summed E-state index contributed by atoms with van der Waals surface area (Å²) in [7, 11) is 0. The summed E-state index contributed by atoms with van der Waals surface area (Å²) in [6.45, 7) is 3.39. The number of aliphatic imine (C=N–C) groups is 1. The van der Waals surface area contributed by atoms with E-state index in [2.05, 4.69) is 27.5 Å². The number of rotatable bonds is 4. The van der Waals surface area contributed by atoms with Gasteiger partial charge in [0.1, 0.15) is 10.8 Å². The lowest BCUT2D eigenvalue weighted by atomic mass is 10.0. The summed E-state index contributed by atoms with van der Waals surface area (Å²) in [5, 5.41) is 0. The number of hydrogen-bond donors (Lipinski definition) is 0. The maximum absolute atomic E-state index is 12.7. The van der Waals surface area contributed by atoms with E-state index in [0.717, 1.165) is 11.0 Å². The summed E-state index contributed by atoms with van der Waals surface area (Å²) >= 11 is 3.25. The number of alkyl halides is 1. The molecule has 1 aliphatic rings. The van der Waals surface area contributed by atoms with Gasteiger partial charge in [-0.05, 0) is 34.8 Å². The Balaban J connectivity index is 2.25. The first-order chi connectivity index (χ1) is 5.72. The van der Waals surface area contributed by atoms with Crippen molar-refractivity contribution >= 4 is 22.1 Å². The molecule has 3 heteroatoms. The molecule has 1 rings (SSSR count). The molecule has 0 spiro atoms. The quantitative estimate of drug-likeness (QED) is 0.521. The molecule has 1 heterocycles. The average Bonchev–Trinajstić information content (AvgIpc) is 2.47. The van der Waals surface area contributed by atoms with Gasteiger partial charge in [-0.2, -0.15) is 0 Å². The zero-order valence-electron chi connectivity index (χ0n) is 6.71. The minimum Gasteiger partial charge on any atom is -0.253 e. The highest BCUT2D eigenvalue weighted by molar-refractivity contribution is 9.11. The van der Waals surface area contributed by atoms with E-state index in [0.29, 0.717) is 6.42 Å². The molecule has 1 aliphatic heterocycles. The monoisotopic (exact) mass is 231 g/mol. The van der Waals surface area contributed by atoms with Gasteiger partial charge in [0, 0.05) is 12.1 Å². The van der Waals surface area contributed by atoms with Crippen LogP contribution < -0.4 is 0 Å². The van der Waals surface area contributed by atoms with Crippen LogP contribution in [0.3, 0.4) is 0 Å². The van der Waals surface area contributed by atoms with Gasteiger partial charge in [0.15, 0.2) is 0 Å². The molecule has 0 N–H and O–H groups in total. The summed E-state index contributed by atoms with van der Waals surface area (Å²) in [5.41, 5.74) is 0.